The van der Waals surface area contributed by atoms with Crippen LogP contribution in [0.2, 0.25) is 0 Å². The zero-order valence-electron chi connectivity index (χ0n) is 12.4. The molecule has 6 heteroatoms. The van der Waals surface area contributed by atoms with Gasteiger partial charge in [-0.25, -0.2) is 4.98 Å². The number of benzene rings is 1. The molecule has 1 aromatic carbocycles. The second-order valence-corrected chi connectivity index (χ2v) is 4.59. The molecule has 0 aliphatic rings. The number of hydrogen-bond acceptors (Lipinski definition) is 5. The molecule has 6 nitrogen and oxygen atoms in total. The fraction of sp³-hybridized carbons (Fsp3) is 0.250. The number of methoxy groups -OCH3 is 1. The largest absolute Gasteiger partial charge is 0.439 e. The van der Waals surface area contributed by atoms with Crippen molar-refractivity contribution in [3.8, 4) is 11.6 Å². The first-order valence-electron chi connectivity index (χ1n) is 6.93. The van der Waals surface area contributed by atoms with Crippen LogP contribution in [0.4, 0.5) is 0 Å². The minimum Gasteiger partial charge on any atom is -0.439 e. The molecule has 0 aliphatic carbocycles. The first-order chi connectivity index (χ1) is 10.7. The molecule has 1 heterocycles. The first-order valence-corrected chi connectivity index (χ1v) is 6.93. The molecule has 2 aromatic rings. The third-order valence-corrected chi connectivity index (χ3v) is 2.95. The molecule has 3 N–H and O–H groups in total. The SMILES string of the molecule is COCCNC(=O)c1cccc(Oc2cc(CN)ccn2)c1. The fourth-order valence-corrected chi connectivity index (χ4v) is 1.82. The van der Waals surface area contributed by atoms with Crippen molar-refractivity contribution < 1.29 is 14.3 Å². The van der Waals surface area contributed by atoms with E-state index in [0.29, 0.717) is 36.9 Å². The number of amides is 1. The average molecular weight is 301 g/mol. The standard InChI is InChI=1S/C16H19N3O3/c1-21-8-7-19-16(20)13-3-2-4-14(10-13)22-15-9-12(11-17)5-6-18-15/h2-6,9-10H,7-8,11,17H2,1H3,(H,19,20). The molecule has 1 aromatic heterocycles. The molecule has 0 aliphatic heterocycles. The summed E-state index contributed by atoms with van der Waals surface area (Å²) >= 11 is 0. The van der Waals surface area contributed by atoms with Gasteiger partial charge in [-0.2, -0.15) is 0 Å². The van der Waals surface area contributed by atoms with E-state index in [0.717, 1.165) is 5.56 Å². The van der Waals surface area contributed by atoms with Crippen molar-refractivity contribution in [1.29, 1.82) is 0 Å². The fourth-order valence-electron chi connectivity index (χ4n) is 1.82. The maximum Gasteiger partial charge on any atom is 0.251 e. The molecule has 0 atom stereocenters. The van der Waals surface area contributed by atoms with Gasteiger partial charge < -0.3 is 20.5 Å². The molecular weight excluding hydrogens is 282 g/mol. The Hall–Kier alpha value is -2.44. The van der Waals surface area contributed by atoms with E-state index in [-0.39, 0.29) is 5.91 Å². The zero-order valence-corrected chi connectivity index (χ0v) is 12.4. The summed E-state index contributed by atoms with van der Waals surface area (Å²) in [5.74, 6) is 0.812. The van der Waals surface area contributed by atoms with Gasteiger partial charge in [0.05, 0.1) is 6.61 Å². The molecule has 116 valence electrons. The molecule has 0 fully saturated rings. The van der Waals surface area contributed by atoms with Gasteiger partial charge in [-0.3, -0.25) is 4.79 Å². The summed E-state index contributed by atoms with van der Waals surface area (Å²) in [6, 6.07) is 10.5. The predicted octanol–water partition coefficient (Wildman–Crippen LogP) is 1.71. The normalized spacial score (nSPS) is 10.3. The number of pyridine rings is 1. The third kappa shape index (κ3) is 4.54. The van der Waals surface area contributed by atoms with Crippen LogP contribution < -0.4 is 15.8 Å². The number of nitrogens with zero attached hydrogens (tertiary/aromatic N) is 1. The zero-order chi connectivity index (χ0) is 15.8. The van der Waals surface area contributed by atoms with E-state index in [9.17, 15) is 4.79 Å². The summed E-state index contributed by atoms with van der Waals surface area (Å²) in [6.07, 6.45) is 1.64. The Morgan fingerprint density at radius 2 is 2.18 bits per heavy atom. The van der Waals surface area contributed by atoms with Crippen molar-refractivity contribution in [3.63, 3.8) is 0 Å². The smallest absolute Gasteiger partial charge is 0.251 e. The van der Waals surface area contributed by atoms with Crippen molar-refractivity contribution >= 4 is 5.91 Å². The lowest BCUT2D eigenvalue weighted by Crippen LogP contribution is -2.26. The van der Waals surface area contributed by atoms with E-state index in [1.165, 1.54) is 0 Å². The lowest BCUT2D eigenvalue weighted by Gasteiger charge is -2.08. The van der Waals surface area contributed by atoms with Crippen LogP contribution in [0.3, 0.4) is 0 Å². The summed E-state index contributed by atoms with van der Waals surface area (Å²) in [7, 11) is 1.59. The molecule has 0 unspecified atom stereocenters. The first kappa shape index (κ1) is 15.9. The lowest BCUT2D eigenvalue weighted by molar-refractivity contribution is 0.0937. The molecule has 0 bridgehead atoms. The highest BCUT2D eigenvalue weighted by Crippen LogP contribution is 2.21. The van der Waals surface area contributed by atoms with Gasteiger partial charge >= 0.3 is 0 Å². The maximum atomic E-state index is 12.0. The Morgan fingerprint density at radius 1 is 1.32 bits per heavy atom. The number of carbonyl (C=O) groups is 1. The van der Waals surface area contributed by atoms with E-state index in [4.69, 9.17) is 15.2 Å². The minimum absolute atomic E-state index is 0.175. The Kier molecular flexibility index (Phi) is 5.88. The van der Waals surface area contributed by atoms with E-state index in [2.05, 4.69) is 10.3 Å². The van der Waals surface area contributed by atoms with Crippen molar-refractivity contribution in [1.82, 2.24) is 10.3 Å². The topological polar surface area (TPSA) is 86.5 Å². The van der Waals surface area contributed by atoms with Crippen LogP contribution in [-0.4, -0.2) is 31.2 Å². The summed E-state index contributed by atoms with van der Waals surface area (Å²) < 4.78 is 10.6. The minimum atomic E-state index is -0.175. The van der Waals surface area contributed by atoms with Crippen LogP contribution in [0, 0.1) is 0 Å². The van der Waals surface area contributed by atoms with Gasteiger partial charge in [0.25, 0.3) is 5.91 Å². The van der Waals surface area contributed by atoms with Crippen molar-refractivity contribution in [2.24, 2.45) is 5.73 Å². The van der Waals surface area contributed by atoms with Crippen LogP contribution in [0.5, 0.6) is 11.6 Å². The second-order valence-electron chi connectivity index (χ2n) is 4.59. The molecular formula is C16H19N3O3. The van der Waals surface area contributed by atoms with Crippen LogP contribution in [0.1, 0.15) is 15.9 Å². The quantitative estimate of drug-likeness (QED) is 0.760. The number of rotatable bonds is 7. The van der Waals surface area contributed by atoms with Gasteiger partial charge in [0.1, 0.15) is 5.75 Å². The summed E-state index contributed by atoms with van der Waals surface area (Å²) in [6.45, 7) is 1.35. The number of nitrogens with one attached hydrogen (secondary N) is 1. The predicted molar refractivity (Wildman–Crippen MR) is 82.9 cm³/mol. The highest BCUT2D eigenvalue weighted by atomic mass is 16.5. The second kappa shape index (κ2) is 8.11. The summed E-state index contributed by atoms with van der Waals surface area (Å²) in [5, 5.41) is 2.76. The Balaban J connectivity index is 2.06. The van der Waals surface area contributed by atoms with Crippen molar-refractivity contribution in [2.75, 3.05) is 20.3 Å². The summed E-state index contributed by atoms with van der Waals surface area (Å²) in [4.78, 5) is 16.1. The summed E-state index contributed by atoms with van der Waals surface area (Å²) in [5.41, 5.74) is 7.03. The average Bonchev–Trinajstić information content (AvgIpc) is 2.55. The maximum absolute atomic E-state index is 12.0. The van der Waals surface area contributed by atoms with Crippen LogP contribution >= 0.6 is 0 Å². The van der Waals surface area contributed by atoms with E-state index < -0.39 is 0 Å². The lowest BCUT2D eigenvalue weighted by atomic mass is 10.2. The highest BCUT2D eigenvalue weighted by molar-refractivity contribution is 5.94. The van der Waals surface area contributed by atoms with Gasteiger partial charge in [-0.05, 0) is 29.8 Å². The highest BCUT2D eigenvalue weighted by Gasteiger charge is 2.07. The van der Waals surface area contributed by atoms with Crippen LogP contribution in [0.15, 0.2) is 42.6 Å². The molecule has 0 saturated heterocycles. The number of aromatic nitrogens is 1. The molecule has 22 heavy (non-hydrogen) atoms. The molecule has 1 amide bonds. The Bertz CT molecular complexity index is 632. The Labute approximate surface area is 129 Å². The number of hydrogen-bond donors (Lipinski definition) is 2. The Morgan fingerprint density at radius 3 is 2.95 bits per heavy atom. The number of nitrogens with two attached hydrogens (primary N) is 1. The van der Waals surface area contributed by atoms with E-state index >= 15 is 0 Å². The van der Waals surface area contributed by atoms with Crippen LogP contribution in [-0.2, 0) is 11.3 Å². The molecule has 0 spiro atoms. The van der Waals surface area contributed by atoms with Gasteiger partial charge in [0.2, 0.25) is 5.88 Å². The molecule has 2 rings (SSSR count). The van der Waals surface area contributed by atoms with Crippen LogP contribution in [0.25, 0.3) is 0 Å². The van der Waals surface area contributed by atoms with Gasteiger partial charge in [0, 0.05) is 38.0 Å². The van der Waals surface area contributed by atoms with Crippen molar-refractivity contribution in [3.05, 3.63) is 53.7 Å². The van der Waals surface area contributed by atoms with Gasteiger partial charge in [-0.15, -0.1) is 0 Å². The monoisotopic (exact) mass is 301 g/mol. The third-order valence-electron chi connectivity index (χ3n) is 2.95. The van der Waals surface area contributed by atoms with E-state index in [1.807, 2.05) is 6.07 Å². The number of ether oxygens (including phenoxy) is 2. The number of carbonyl (C=O) groups excluding carboxylic acids is 1. The van der Waals surface area contributed by atoms with Gasteiger partial charge in [0.15, 0.2) is 0 Å². The van der Waals surface area contributed by atoms with E-state index in [1.54, 1.807) is 43.6 Å². The molecule has 0 radical (unpaired) electrons. The molecule has 0 saturated carbocycles. The van der Waals surface area contributed by atoms with Gasteiger partial charge in [-0.1, -0.05) is 6.07 Å². The van der Waals surface area contributed by atoms with Crippen molar-refractivity contribution in [2.45, 2.75) is 6.54 Å².